The normalized spacial score (nSPS) is 12.2. The summed E-state index contributed by atoms with van der Waals surface area (Å²) in [6.45, 7) is 4.19. The zero-order valence-corrected chi connectivity index (χ0v) is 12.8. The maximum absolute atomic E-state index is 11.7. The summed E-state index contributed by atoms with van der Waals surface area (Å²) < 4.78 is 0. The SMILES string of the molecule is CC(C)C(O)CCNC(=O)Cc1ccc([N+](=O)[O-])cc1Cl. The number of halogens is 1. The van der Waals surface area contributed by atoms with E-state index in [0.717, 1.165) is 0 Å². The first kappa shape index (κ1) is 17.4. The van der Waals surface area contributed by atoms with E-state index < -0.39 is 11.0 Å². The third kappa shape index (κ3) is 5.69. The highest BCUT2D eigenvalue weighted by molar-refractivity contribution is 6.31. The minimum Gasteiger partial charge on any atom is -0.393 e. The van der Waals surface area contributed by atoms with E-state index in [1.54, 1.807) is 0 Å². The second kappa shape index (κ2) is 7.95. The fraction of sp³-hybridized carbons (Fsp3) is 0.500. The van der Waals surface area contributed by atoms with Gasteiger partial charge in [0.05, 0.1) is 22.5 Å². The Labute approximate surface area is 128 Å². The minimum atomic E-state index is -0.539. The van der Waals surface area contributed by atoms with E-state index in [1.165, 1.54) is 18.2 Å². The third-order valence-electron chi connectivity index (χ3n) is 3.13. The molecule has 0 aliphatic rings. The van der Waals surface area contributed by atoms with Gasteiger partial charge in [0.1, 0.15) is 0 Å². The molecule has 116 valence electrons. The summed E-state index contributed by atoms with van der Waals surface area (Å²) in [6, 6.07) is 4.02. The molecule has 0 aliphatic carbocycles. The first-order valence-electron chi connectivity index (χ1n) is 6.69. The van der Waals surface area contributed by atoms with Crippen LogP contribution >= 0.6 is 11.6 Å². The number of benzene rings is 1. The van der Waals surface area contributed by atoms with Crippen LogP contribution in [0.2, 0.25) is 5.02 Å². The van der Waals surface area contributed by atoms with Gasteiger partial charge in [-0.3, -0.25) is 14.9 Å². The number of amides is 1. The van der Waals surface area contributed by atoms with Gasteiger partial charge in [-0.25, -0.2) is 0 Å². The predicted molar refractivity (Wildman–Crippen MR) is 80.3 cm³/mol. The molecule has 1 atom stereocenters. The Morgan fingerprint density at radius 3 is 2.67 bits per heavy atom. The second-order valence-corrected chi connectivity index (χ2v) is 5.57. The van der Waals surface area contributed by atoms with Crippen molar-refractivity contribution in [1.82, 2.24) is 5.32 Å². The lowest BCUT2D eigenvalue weighted by Crippen LogP contribution is -2.29. The van der Waals surface area contributed by atoms with E-state index in [4.69, 9.17) is 11.6 Å². The van der Waals surface area contributed by atoms with Crippen molar-refractivity contribution >= 4 is 23.2 Å². The molecule has 0 aliphatic heterocycles. The first-order valence-corrected chi connectivity index (χ1v) is 7.06. The average molecular weight is 315 g/mol. The number of nitrogens with zero attached hydrogens (tertiary/aromatic N) is 1. The molecule has 0 bridgehead atoms. The number of carbonyl (C=O) groups is 1. The van der Waals surface area contributed by atoms with Crippen molar-refractivity contribution in [3.8, 4) is 0 Å². The van der Waals surface area contributed by atoms with Crippen LogP contribution in [0.4, 0.5) is 5.69 Å². The highest BCUT2D eigenvalue weighted by atomic mass is 35.5. The maximum atomic E-state index is 11.7. The molecular weight excluding hydrogens is 296 g/mol. The quantitative estimate of drug-likeness (QED) is 0.596. The smallest absolute Gasteiger partial charge is 0.270 e. The van der Waals surface area contributed by atoms with Crippen molar-refractivity contribution in [2.75, 3.05) is 6.54 Å². The van der Waals surface area contributed by atoms with Crippen LogP contribution in [-0.4, -0.2) is 28.6 Å². The van der Waals surface area contributed by atoms with Crippen LogP contribution in [0.15, 0.2) is 18.2 Å². The maximum Gasteiger partial charge on any atom is 0.270 e. The molecule has 1 aromatic carbocycles. The van der Waals surface area contributed by atoms with Crippen LogP contribution in [-0.2, 0) is 11.2 Å². The lowest BCUT2D eigenvalue weighted by atomic mass is 10.0. The number of aliphatic hydroxyl groups excluding tert-OH is 1. The number of nitro benzene ring substituents is 1. The van der Waals surface area contributed by atoms with Gasteiger partial charge in [0.25, 0.3) is 5.69 Å². The Bertz CT molecular complexity index is 520. The van der Waals surface area contributed by atoms with Crippen LogP contribution in [0.5, 0.6) is 0 Å². The minimum absolute atomic E-state index is 0.0502. The zero-order chi connectivity index (χ0) is 16.0. The van der Waals surface area contributed by atoms with E-state index in [9.17, 15) is 20.0 Å². The number of hydrogen-bond acceptors (Lipinski definition) is 4. The van der Waals surface area contributed by atoms with Gasteiger partial charge in [-0.15, -0.1) is 0 Å². The molecule has 0 aromatic heterocycles. The second-order valence-electron chi connectivity index (χ2n) is 5.16. The number of nitrogens with one attached hydrogen (secondary N) is 1. The van der Waals surface area contributed by atoms with Gasteiger partial charge in [-0.1, -0.05) is 31.5 Å². The lowest BCUT2D eigenvalue weighted by molar-refractivity contribution is -0.384. The van der Waals surface area contributed by atoms with Gasteiger partial charge < -0.3 is 10.4 Å². The van der Waals surface area contributed by atoms with E-state index in [1.807, 2.05) is 13.8 Å². The summed E-state index contributed by atoms with van der Waals surface area (Å²) in [7, 11) is 0. The molecule has 1 unspecified atom stereocenters. The standard InChI is InChI=1S/C14H19ClN2O4/c1-9(2)13(18)5-6-16-14(19)7-10-3-4-11(17(20)21)8-12(10)15/h3-4,8-9,13,18H,5-7H2,1-2H3,(H,16,19). The fourth-order valence-corrected chi connectivity index (χ4v) is 1.96. The van der Waals surface area contributed by atoms with Crippen molar-refractivity contribution in [2.24, 2.45) is 5.92 Å². The van der Waals surface area contributed by atoms with Crippen molar-refractivity contribution < 1.29 is 14.8 Å². The number of carbonyl (C=O) groups excluding carboxylic acids is 1. The molecule has 0 radical (unpaired) electrons. The highest BCUT2D eigenvalue weighted by Crippen LogP contribution is 2.22. The van der Waals surface area contributed by atoms with E-state index >= 15 is 0 Å². The average Bonchev–Trinajstić information content (AvgIpc) is 2.40. The summed E-state index contributed by atoms with van der Waals surface area (Å²) in [4.78, 5) is 21.8. The molecule has 0 saturated carbocycles. The summed E-state index contributed by atoms with van der Waals surface area (Å²) in [5.74, 6) is -0.0901. The zero-order valence-electron chi connectivity index (χ0n) is 12.0. The molecular formula is C14H19ClN2O4. The lowest BCUT2D eigenvalue weighted by Gasteiger charge is -2.14. The topological polar surface area (TPSA) is 92.5 Å². The number of aliphatic hydroxyl groups is 1. The number of non-ortho nitro benzene ring substituents is 1. The van der Waals surface area contributed by atoms with Crippen LogP contribution in [0, 0.1) is 16.0 Å². The number of nitro groups is 1. The van der Waals surface area contributed by atoms with Gasteiger partial charge in [-0.2, -0.15) is 0 Å². The number of rotatable bonds is 7. The van der Waals surface area contributed by atoms with E-state index in [0.29, 0.717) is 18.5 Å². The monoisotopic (exact) mass is 314 g/mol. The van der Waals surface area contributed by atoms with Gasteiger partial charge in [-0.05, 0) is 17.9 Å². The summed E-state index contributed by atoms with van der Waals surface area (Å²) in [6.07, 6.45) is 0.0830. The molecule has 1 rings (SSSR count). The fourth-order valence-electron chi connectivity index (χ4n) is 1.72. The molecule has 1 amide bonds. The van der Waals surface area contributed by atoms with Crippen molar-refractivity contribution in [3.63, 3.8) is 0 Å². The molecule has 0 heterocycles. The summed E-state index contributed by atoms with van der Waals surface area (Å²) in [5, 5.41) is 23.1. The Morgan fingerprint density at radius 1 is 1.48 bits per heavy atom. The van der Waals surface area contributed by atoms with Gasteiger partial charge in [0, 0.05) is 18.7 Å². The number of hydrogen-bond donors (Lipinski definition) is 2. The van der Waals surface area contributed by atoms with Gasteiger partial charge in [0.2, 0.25) is 5.91 Å². The summed E-state index contributed by atoms with van der Waals surface area (Å²) in [5.41, 5.74) is 0.424. The van der Waals surface area contributed by atoms with Crippen molar-refractivity contribution in [3.05, 3.63) is 38.9 Å². The Kier molecular flexibility index (Phi) is 6.58. The van der Waals surface area contributed by atoms with Crippen molar-refractivity contribution in [2.45, 2.75) is 32.8 Å². The van der Waals surface area contributed by atoms with E-state index in [2.05, 4.69) is 5.32 Å². The molecule has 0 saturated heterocycles. The molecule has 7 heteroatoms. The summed E-state index contributed by atoms with van der Waals surface area (Å²) >= 11 is 5.92. The molecule has 21 heavy (non-hydrogen) atoms. The van der Waals surface area contributed by atoms with Crippen LogP contribution in [0.25, 0.3) is 0 Å². The Balaban J connectivity index is 2.50. The van der Waals surface area contributed by atoms with Gasteiger partial charge >= 0.3 is 0 Å². The van der Waals surface area contributed by atoms with E-state index in [-0.39, 0.29) is 29.0 Å². The molecule has 0 spiro atoms. The van der Waals surface area contributed by atoms with Crippen LogP contribution in [0.1, 0.15) is 25.8 Å². The molecule has 1 aromatic rings. The van der Waals surface area contributed by atoms with Crippen LogP contribution < -0.4 is 5.32 Å². The molecule has 6 nitrogen and oxygen atoms in total. The molecule has 0 fully saturated rings. The van der Waals surface area contributed by atoms with Crippen LogP contribution in [0.3, 0.4) is 0 Å². The highest BCUT2D eigenvalue weighted by Gasteiger charge is 2.13. The third-order valence-corrected chi connectivity index (χ3v) is 3.48. The molecule has 2 N–H and O–H groups in total. The Morgan fingerprint density at radius 2 is 2.14 bits per heavy atom. The first-order chi connectivity index (χ1) is 9.81. The largest absolute Gasteiger partial charge is 0.393 e. The Hall–Kier alpha value is -1.66. The van der Waals surface area contributed by atoms with Gasteiger partial charge in [0.15, 0.2) is 0 Å². The van der Waals surface area contributed by atoms with Crippen molar-refractivity contribution in [1.29, 1.82) is 0 Å². The predicted octanol–water partition coefficient (Wildman–Crippen LogP) is 2.31.